The molecule has 0 aliphatic carbocycles. The molecule has 0 bridgehead atoms. The lowest BCUT2D eigenvalue weighted by Crippen LogP contribution is -2.36. The number of halogens is 2. The van der Waals surface area contributed by atoms with E-state index in [0.717, 1.165) is 0 Å². The highest BCUT2D eigenvalue weighted by molar-refractivity contribution is 5.89. The molecule has 2 heterocycles. The number of aliphatic hydroxyl groups is 1. The van der Waals surface area contributed by atoms with Crippen LogP contribution < -0.4 is 5.32 Å². The van der Waals surface area contributed by atoms with Gasteiger partial charge in [0.1, 0.15) is 0 Å². The molecule has 0 spiro atoms. The second-order valence-electron chi connectivity index (χ2n) is 5.45. The number of aromatic nitrogens is 1. The van der Waals surface area contributed by atoms with E-state index in [9.17, 15) is 13.9 Å². The van der Waals surface area contributed by atoms with E-state index in [1.807, 2.05) is 0 Å². The predicted octanol–water partition coefficient (Wildman–Crippen LogP) is 1.96. The number of nitrogens with zero attached hydrogens (tertiary/aromatic N) is 1. The van der Waals surface area contributed by atoms with Gasteiger partial charge < -0.3 is 29.2 Å². The molecule has 24 heavy (non-hydrogen) atoms. The first kappa shape index (κ1) is 17.0. The van der Waals surface area contributed by atoms with E-state index in [2.05, 4.69) is 10.5 Å². The molecule has 132 valence electrons. The van der Waals surface area contributed by atoms with E-state index in [4.69, 9.17) is 18.7 Å². The van der Waals surface area contributed by atoms with Crippen molar-refractivity contribution >= 4 is 16.8 Å². The molecule has 7 nitrogen and oxygen atoms in total. The minimum Gasteiger partial charge on any atom is -0.394 e. The van der Waals surface area contributed by atoms with Crippen LogP contribution in [0, 0.1) is 11.6 Å². The molecular weight excluding hydrogens is 326 g/mol. The fraction of sp³-hybridized carbons (Fsp3) is 0.533. The van der Waals surface area contributed by atoms with E-state index in [-0.39, 0.29) is 35.1 Å². The van der Waals surface area contributed by atoms with Crippen molar-refractivity contribution in [3.8, 4) is 0 Å². The van der Waals surface area contributed by atoms with Crippen molar-refractivity contribution in [3.63, 3.8) is 0 Å². The van der Waals surface area contributed by atoms with Gasteiger partial charge in [-0.3, -0.25) is 0 Å². The van der Waals surface area contributed by atoms with Crippen molar-refractivity contribution in [3.05, 3.63) is 23.3 Å². The third kappa shape index (κ3) is 2.95. The van der Waals surface area contributed by atoms with Crippen LogP contribution >= 0.6 is 0 Å². The zero-order valence-corrected chi connectivity index (χ0v) is 13.2. The lowest BCUT2D eigenvalue weighted by atomic mass is 10.1. The lowest BCUT2D eigenvalue weighted by molar-refractivity contribution is -0.0467. The minimum atomic E-state index is -1.16. The van der Waals surface area contributed by atoms with Gasteiger partial charge in [0.05, 0.1) is 37.4 Å². The summed E-state index contributed by atoms with van der Waals surface area (Å²) >= 11 is 0. The zero-order valence-electron chi connectivity index (χ0n) is 13.2. The van der Waals surface area contributed by atoms with Gasteiger partial charge in [0.25, 0.3) is 0 Å². The van der Waals surface area contributed by atoms with Crippen LogP contribution in [0.3, 0.4) is 0 Å². The molecule has 2 unspecified atom stereocenters. The number of anilines is 1. The molecule has 0 radical (unpaired) electrons. The quantitative estimate of drug-likeness (QED) is 0.828. The van der Waals surface area contributed by atoms with Gasteiger partial charge >= 0.3 is 0 Å². The normalized spacial score (nSPS) is 18.2. The number of hydrogen-bond donors (Lipinski definition) is 2. The average Bonchev–Trinajstić information content (AvgIpc) is 3.25. The summed E-state index contributed by atoms with van der Waals surface area (Å²) in [6.45, 7) is 2.11. The molecule has 1 aromatic carbocycles. The molecule has 0 saturated carbocycles. The molecular formula is C15H18F2N2O5. The molecule has 2 atom stereocenters. The Bertz CT molecular complexity index is 717. The van der Waals surface area contributed by atoms with Crippen molar-refractivity contribution < 1.29 is 32.6 Å². The van der Waals surface area contributed by atoms with Crippen LogP contribution in [0.1, 0.15) is 18.8 Å². The molecule has 1 aliphatic heterocycles. The van der Waals surface area contributed by atoms with E-state index < -0.39 is 24.0 Å². The molecule has 2 aromatic rings. The Morgan fingerprint density at radius 2 is 2.08 bits per heavy atom. The molecule has 3 rings (SSSR count). The smallest absolute Gasteiger partial charge is 0.207 e. The Kier molecular flexibility index (Phi) is 4.95. The van der Waals surface area contributed by atoms with E-state index in [0.29, 0.717) is 13.2 Å². The highest BCUT2D eigenvalue weighted by Crippen LogP contribution is 2.34. The minimum absolute atomic E-state index is 0.0657. The largest absolute Gasteiger partial charge is 0.394 e. The number of benzene rings is 1. The van der Waals surface area contributed by atoms with E-state index in [1.54, 1.807) is 6.92 Å². The summed E-state index contributed by atoms with van der Waals surface area (Å²) in [6, 6.07) is 0.868. The van der Waals surface area contributed by atoms with Crippen LogP contribution in [0.15, 0.2) is 10.6 Å². The van der Waals surface area contributed by atoms with Crippen LogP contribution in [0.5, 0.6) is 0 Å². The van der Waals surface area contributed by atoms with E-state index in [1.165, 1.54) is 13.2 Å². The summed E-state index contributed by atoms with van der Waals surface area (Å²) in [5.41, 5.74) is -0.386. The van der Waals surface area contributed by atoms with Gasteiger partial charge in [-0.2, -0.15) is 4.39 Å². The predicted molar refractivity (Wildman–Crippen MR) is 79.5 cm³/mol. The highest BCUT2D eigenvalue weighted by Gasteiger charge is 2.29. The Balaban J connectivity index is 2.00. The van der Waals surface area contributed by atoms with Crippen molar-refractivity contribution in [2.24, 2.45) is 0 Å². The Morgan fingerprint density at radius 3 is 2.71 bits per heavy atom. The van der Waals surface area contributed by atoms with Gasteiger partial charge in [-0.15, -0.1) is 0 Å². The van der Waals surface area contributed by atoms with Crippen LogP contribution in [-0.2, 0) is 14.2 Å². The monoisotopic (exact) mass is 344 g/mol. The lowest BCUT2D eigenvalue weighted by Gasteiger charge is -2.21. The fourth-order valence-corrected chi connectivity index (χ4v) is 2.50. The topological polar surface area (TPSA) is 86.0 Å². The molecule has 1 aliphatic rings. The van der Waals surface area contributed by atoms with Gasteiger partial charge in [-0.05, 0) is 13.0 Å². The van der Waals surface area contributed by atoms with Gasteiger partial charge in [-0.1, -0.05) is 5.16 Å². The number of ether oxygens (including phenoxy) is 3. The Labute approximate surface area is 136 Å². The number of fused-ring (bicyclic) bond motifs is 1. The van der Waals surface area contributed by atoms with Crippen molar-refractivity contribution in [1.29, 1.82) is 0 Å². The molecule has 1 fully saturated rings. The Hall–Kier alpha value is -1.81. The standard InChI is InChI=1S/C15H18F2N2O5/c1-7(21-2)10(6-20)18-14-9-5-8(15-22-3-4-23-15)11(16)12(17)13(9)24-19-14/h5,7,10,15,20H,3-4,6H2,1-2H3,(H,18,19). The van der Waals surface area contributed by atoms with Crippen molar-refractivity contribution in [2.75, 3.05) is 32.2 Å². The maximum absolute atomic E-state index is 14.2. The summed E-state index contributed by atoms with van der Waals surface area (Å²) in [7, 11) is 1.50. The first-order valence-corrected chi connectivity index (χ1v) is 7.47. The van der Waals surface area contributed by atoms with Crippen molar-refractivity contribution in [1.82, 2.24) is 5.16 Å². The summed E-state index contributed by atoms with van der Waals surface area (Å²) in [5, 5.41) is 16.3. The first-order chi connectivity index (χ1) is 11.6. The van der Waals surface area contributed by atoms with Gasteiger partial charge in [0.2, 0.25) is 11.4 Å². The number of nitrogens with one attached hydrogen (secondary N) is 1. The van der Waals surface area contributed by atoms with Gasteiger partial charge in [0.15, 0.2) is 17.9 Å². The van der Waals surface area contributed by atoms with Gasteiger partial charge in [-0.25, -0.2) is 4.39 Å². The number of methoxy groups -OCH3 is 1. The summed E-state index contributed by atoms with van der Waals surface area (Å²) in [5.74, 6) is -2.09. The summed E-state index contributed by atoms with van der Waals surface area (Å²) in [4.78, 5) is 0. The second kappa shape index (κ2) is 6.98. The van der Waals surface area contributed by atoms with E-state index >= 15 is 0 Å². The molecule has 1 aromatic heterocycles. The third-order valence-corrected chi connectivity index (χ3v) is 4.01. The molecule has 9 heteroatoms. The fourth-order valence-electron chi connectivity index (χ4n) is 2.50. The Morgan fingerprint density at radius 1 is 1.38 bits per heavy atom. The van der Waals surface area contributed by atoms with Crippen LogP contribution in [0.2, 0.25) is 0 Å². The maximum Gasteiger partial charge on any atom is 0.207 e. The molecule has 1 saturated heterocycles. The average molecular weight is 344 g/mol. The molecule has 0 amide bonds. The van der Waals surface area contributed by atoms with Crippen molar-refractivity contribution in [2.45, 2.75) is 25.4 Å². The number of hydrogen-bond acceptors (Lipinski definition) is 7. The number of aliphatic hydroxyl groups excluding tert-OH is 1. The highest BCUT2D eigenvalue weighted by atomic mass is 19.2. The SMILES string of the molecule is COC(C)C(CO)Nc1noc2c(F)c(F)c(C3OCCO3)cc12. The number of rotatable bonds is 6. The van der Waals surface area contributed by atoms with Crippen LogP contribution in [0.25, 0.3) is 11.0 Å². The zero-order chi connectivity index (χ0) is 17.3. The van der Waals surface area contributed by atoms with Crippen LogP contribution in [-0.4, -0.2) is 49.3 Å². The summed E-state index contributed by atoms with van der Waals surface area (Å²) < 4.78 is 49.0. The third-order valence-electron chi connectivity index (χ3n) is 4.01. The van der Waals surface area contributed by atoms with Crippen LogP contribution in [0.4, 0.5) is 14.6 Å². The first-order valence-electron chi connectivity index (χ1n) is 7.47. The second-order valence-corrected chi connectivity index (χ2v) is 5.45. The maximum atomic E-state index is 14.2. The van der Waals surface area contributed by atoms with Gasteiger partial charge in [0, 0.05) is 12.7 Å². The molecule has 2 N–H and O–H groups in total. The summed E-state index contributed by atoms with van der Waals surface area (Å²) in [6.07, 6.45) is -1.31.